The molecule has 0 bridgehead atoms. The molecule has 1 fully saturated rings. The highest BCUT2D eigenvalue weighted by atomic mass is 32.1. The first-order valence-electron chi connectivity index (χ1n) is 5.65. The summed E-state index contributed by atoms with van der Waals surface area (Å²) in [4.78, 5) is 5.71. The van der Waals surface area contributed by atoms with Gasteiger partial charge in [0.05, 0.1) is 0 Å². The van der Waals surface area contributed by atoms with Crippen molar-refractivity contribution in [2.75, 3.05) is 13.1 Å². The van der Waals surface area contributed by atoms with Crippen molar-refractivity contribution < 1.29 is 0 Å². The van der Waals surface area contributed by atoms with E-state index in [1.807, 2.05) is 0 Å². The molecular formula is C12H18N2S. The third kappa shape index (κ3) is 2.13. The summed E-state index contributed by atoms with van der Waals surface area (Å²) in [5.41, 5.74) is 2.57. The third-order valence-electron chi connectivity index (χ3n) is 3.27. The SMILES string of the molecule is CCN1CCC[C@H]1c1c[nH]c(=S)c(C)c1. The number of aromatic nitrogens is 1. The lowest BCUT2D eigenvalue weighted by Crippen LogP contribution is -2.22. The van der Waals surface area contributed by atoms with Crippen LogP contribution in [0.5, 0.6) is 0 Å². The molecule has 0 spiro atoms. The van der Waals surface area contributed by atoms with E-state index in [-0.39, 0.29) is 0 Å². The molecule has 1 aromatic heterocycles. The van der Waals surface area contributed by atoms with Crippen LogP contribution in [0, 0.1) is 11.6 Å². The van der Waals surface area contributed by atoms with Gasteiger partial charge in [0.25, 0.3) is 0 Å². The van der Waals surface area contributed by atoms with Gasteiger partial charge in [0.2, 0.25) is 0 Å². The first-order chi connectivity index (χ1) is 7.22. The van der Waals surface area contributed by atoms with E-state index in [9.17, 15) is 0 Å². The fourth-order valence-corrected chi connectivity index (χ4v) is 2.51. The largest absolute Gasteiger partial charge is 0.352 e. The van der Waals surface area contributed by atoms with E-state index in [1.54, 1.807) is 0 Å². The maximum Gasteiger partial charge on any atom is 0.106 e. The van der Waals surface area contributed by atoms with Gasteiger partial charge in [-0.15, -0.1) is 0 Å². The molecule has 3 heteroatoms. The Kier molecular flexibility index (Phi) is 3.22. The Morgan fingerprint density at radius 3 is 3.07 bits per heavy atom. The molecule has 2 heterocycles. The third-order valence-corrected chi connectivity index (χ3v) is 3.71. The molecule has 1 aliphatic heterocycles. The van der Waals surface area contributed by atoms with Gasteiger partial charge in [0.15, 0.2) is 0 Å². The molecule has 0 saturated carbocycles. The highest BCUT2D eigenvalue weighted by Crippen LogP contribution is 2.31. The van der Waals surface area contributed by atoms with E-state index in [1.165, 1.54) is 30.5 Å². The summed E-state index contributed by atoms with van der Waals surface area (Å²) < 4.78 is 0.861. The number of hydrogen-bond acceptors (Lipinski definition) is 2. The molecule has 2 nitrogen and oxygen atoms in total. The molecule has 0 unspecified atom stereocenters. The van der Waals surface area contributed by atoms with Gasteiger partial charge in [0.1, 0.15) is 4.64 Å². The Morgan fingerprint density at radius 1 is 1.60 bits per heavy atom. The minimum absolute atomic E-state index is 0.598. The van der Waals surface area contributed by atoms with E-state index in [0.29, 0.717) is 6.04 Å². The standard InChI is InChI=1S/C12H18N2S/c1-3-14-6-4-5-11(14)10-7-9(2)12(15)13-8-10/h7-8,11H,3-6H2,1-2H3,(H,13,15)/t11-/m0/s1. The van der Waals surface area contributed by atoms with Gasteiger partial charge in [-0.25, -0.2) is 0 Å². The monoisotopic (exact) mass is 222 g/mol. The first-order valence-corrected chi connectivity index (χ1v) is 6.06. The van der Waals surface area contributed by atoms with Gasteiger partial charge >= 0.3 is 0 Å². The molecule has 1 saturated heterocycles. The number of hydrogen-bond donors (Lipinski definition) is 1. The molecule has 2 rings (SSSR count). The first kappa shape index (κ1) is 10.8. The normalized spacial score (nSPS) is 22.1. The van der Waals surface area contributed by atoms with Crippen LogP contribution in [0.2, 0.25) is 0 Å². The van der Waals surface area contributed by atoms with Crippen LogP contribution in [-0.2, 0) is 0 Å². The topological polar surface area (TPSA) is 19.0 Å². The van der Waals surface area contributed by atoms with E-state index < -0.39 is 0 Å². The van der Waals surface area contributed by atoms with Crippen molar-refractivity contribution >= 4 is 12.2 Å². The molecule has 1 N–H and O–H groups in total. The fraction of sp³-hybridized carbons (Fsp3) is 0.583. The van der Waals surface area contributed by atoms with Crippen molar-refractivity contribution in [2.24, 2.45) is 0 Å². The van der Waals surface area contributed by atoms with Gasteiger partial charge < -0.3 is 4.98 Å². The maximum absolute atomic E-state index is 5.18. The predicted molar refractivity (Wildman–Crippen MR) is 65.6 cm³/mol. The van der Waals surface area contributed by atoms with Gasteiger partial charge in [-0.1, -0.05) is 25.2 Å². The Labute approximate surface area is 96.3 Å². The molecule has 1 atom stereocenters. The lowest BCUT2D eigenvalue weighted by Gasteiger charge is -2.23. The van der Waals surface area contributed by atoms with Crippen molar-refractivity contribution in [3.63, 3.8) is 0 Å². The summed E-state index contributed by atoms with van der Waals surface area (Å²) in [6.07, 6.45) is 4.67. The van der Waals surface area contributed by atoms with Crippen LogP contribution in [0.4, 0.5) is 0 Å². The summed E-state index contributed by atoms with van der Waals surface area (Å²) >= 11 is 5.18. The number of aromatic amines is 1. The number of nitrogens with zero attached hydrogens (tertiary/aromatic N) is 1. The van der Waals surface area contributed by atoms with Crippen molar-refractivity contribution in [1.82, 2.24) is 9.88 Å². The van der Waals surface area contributed by atoms with E-state index in [4.69, 9.17) is 12.2 Å². The van der Waals surface area contributed by atoms with Gasteiger partial charge in [0, 0.05) is 12.2 Å². The molecule has 0 amide bonds. The smallest absolute Gasteiger partial charge is 0.106 e. The average Bonchev–Trinajstić information content (AvgIpc) is 2.70. The summed E-state index contributed by atoms with van der Waals surface area (Å²) in [7, 11) is 0. The van der Waals surface area contributed by atoms with Crippen LogP contribution >= 0.6 is 12.2 Å². The molecule has 82 valence electrons. The predicted octanol–water partition coefficient (Wildman–Crippen LogP) is 3.21. The van der Waals surface area contributed by atoms with Crippen molar-refractivity contribution in [1.29, 1.82) is 0 Å². The van der Waals surface area contributed by atoms with Crippen molar-refractivity contribution in [3.8, 4) is 0 Å². The van der Waals surface area contributed by atoms with Gasteiger partial charge in [-0.05, 0) is 44.0 Å². The number of nitrogens with one attached hydrogen (secondary N) is 1. The summed E-state index contributed by atoms with van der Waals surface area (Å²) in [6, 6.07) is 2.83. The minimum atomic E-state index is 0.598. The molecule has 0 aromatic carbocycles. The zero-order valence-corrected chi connectivity index (χ0v) is 10.2. The minimum Gasteiger partial charge on any atom is -0.352 e. The second-order valence-electron chi connectivity index (χ2n) is 4.23. The highest BCUT2D eigenvalue weighted by Gasteiger charge is 2.24. The van der Waals surface area contributed by atoms with Gasteiger partial charge in [-0.2, -0.15) is 0 Å². The number of rotatable bonds is 2. The van der Waals surface area contributed by atoms with Crippen LogP contribution in [0.1, 0.15) is 36.9 Å². The van der Waals surface area contributed by atoms with Crippen LogP contribution in [-0.4, -0.2) is 23.0 Å². The Morgan fingerprint density at radius 2 is 2.40 bits per heavy atom. The second-order valence-corrected chi connectivity index (χ2v) is 4.64. The van der Waals surface area contributed by atoms with Crippen LogP contribution in [0.15, 0.2) is 12.3 Å². The number of H-pyrrole nitrogens is 1. The molecule has 15 heavy (non-hydrogen) atoms. The van der Waals surface area contributed by atoms with Crippen molar-refractivity contribution in [3.05, 3.63) is 28.0 Å². The molecule has 0 aliphatic carbocycles. The lowest BCUT2D eigenvalue weighted by molar-refractivity contribution is 0.271. The lowest BCUT2D eigenvalue weighted by atomic mass is 10.1. The second kappa shape index (κ2) is 4.45. The van der Waals surface area contributed by atoms with E-state index in [0.717, 1.165) is 11.2 Å². The number of aryl methyl sites for hydroxylation is 1. The number of likely N-dealkylation sites (tertiary alicyclic amines) is 1. The number of pyridine rings is 1. The summed E-state index contributed by atoms with van der Waals surface area (Å²) in [6.45, 7) is 6.68. The maximum atomic E-state index is 5.18. The van der Waals surface area contributed by atoms with E-state index in [2.05, 4.69) is 36.0 Å². The zero-order valence-electron chi connectivity index (χ0n) is 9.42. The molecular weight excluding hydrogens is 204 g/mol. The zero-order chi connectivity index (χ0) is 10.8. The Bertz CT molecular complexity index is 397. The Balaban J connectivity index is 2.29. The van der Waals surface area contributed by atoms with Gasteiger partial charge in [-0.3, -0.25) is 4.90 Å². The molecule has 1 aromatic rings. The summed E-state index contributed by atoms with van der Waals surface area (Å²) in [5.74, 6) is 0. The molecule has 1 aliphatic rings. The van der Waals surface area contributed by atoms with Crippen LogP contribution < -0.4 is 0 Å². The van der Waals surface area contributed by atoms with E-state index >= 15 is 0 Å². The molecule has 0 radical (unpaired) electrons. The Hall–Kier alpha value is -0.670. The highest BCUT2D eigenvalue weighted by molar-refractivity contribution is 7.71. The fourth-order valence-electron chi connectivity index (χ4n) is 2.39. The quantitative estimate of drug-likeness (QED) is 0.775. The van der Waals surface area contributed by atoms with Crippen LogP contribution in [0.25, 0.3) is 0 Å². The summed E-state index contributed by atoms with van der Waals surface area (Å²) in [5, 5.41) is 0. The van der Waals surface area contributed by atoms with Crippen molar-refractivity contribution in [2.45, 2.75) is 32.7 Å². The average molecular weight is 222 g/mol. The van der Waals surface area contributed by atoms with Crippen LogP contribution in [0.3, 0.4) is 0 Å².